The Hall–Kier alpha value is -3.64. The number of hydrogen-bond acceptors (Lipinski definition) is 5. The molecule has 1 aliphatic heterocycles. The van der Waals surface area contributed by atoms with Gasteiger partial charge in [-0.25, -0.2) is 4.98 Å². The lowest BCUT2D eigenvalue weighted by Gasteiger charge is -2.26. The molecule has 6 heteroatoms. The maximum atomic E-state index is 13.0. The van der Waals surface area contributed by atoms with Crippen LogP contribution in [0.4, 0.5) is 17.3 Å². The molecule has 4 aromatic rings. The highest BCUT2D eigenvalue weighted by Crippen LogP contribution is 2.29. The summed E-state index contributed by atoms with van der Waals surface area (Å²) in [6, 6.07) is 24.0. The number of fused-ring (bicyclic) bond motifs is 1. The van der Waals surface area contributed by atoms with E-state index in [1.54, 1.807) is 19.4 Å². The highest BCUT2D eigenvalue weighted by atomic mass is 16.5. The van der Waals surface area contributed by atoms with Gasteiger partial charge in [-0.05, 0) is 37.1 Å². The Morgan fingerprint density at radius 1 is 1.06 bits per heavy atom. The van der Waals surface area contributed by atoms with Gasteiger partial charge in [0.2, 0.25) is 0 Å². The quantitative estimate of drug-likeness (QED) is 0.482. The number of rotatable bonds is 6. The van der Waals surface area contributed by atoms with Crippen molar-refractivity contribution < 1.29 is 4.74 Å². The highest BCUT2D eigenvalue weighted by Gasteiger charge is 2.26. The van der Waals surface area contributed by atoms with Crippen LogP contribution in [0.3, 0.4) is 0 Å². The fraction of sp³-hybridized carbons (Fsp3) is 0.231. The van der Waals surface area contributed by atoms with E-state index in [0.717, 1.165) is 42.1 Å². The molecule has 1 unspecified atom stereocenters. The normalized spacial score (nSPS) is 15.9. The van der Waals surface area contributed by atoms with Crippen LogP contribution in [0.25, 0.3) is 16.6 Å². The zero-order valence-electron chi connectivity index (χ0n) is 18.1. The first-order valence-electron chi connectivity index (χ1n) is 10.9. The van der Waals surface area contributed by atoms with Gasteiger partial charge in [0.1, 0.15) is 11.6 Å². The summed E-state index contributed by atoms with van der Waals surface area (Å²) in [5.74, 6) is 1.59. The lowest BCUT2D eigenvalue weighted by molar-refractivity contribution is 0.180. The molecule has 5 rings (SSSR count). The van der Waals surface area contributed by atoms with Crippen molar-refractivity contribution in [3.05, 3.63) is 89.2 Å². The summed E-state index contributed by atoms with van der Waals surface area (Å²) >= 11 is 0. The summed E-state index contributed by atoms with van der Waals surface area (Å²) in [5.41, 5.74) is 2.67. The molecular formula is C26H26N4O2. The van der Waals surface area contributed by atoms with Crippen LogP contribution in [0.5, 0.6) is 0 Å². The van der Waals surface area contributed by atoms with Crippen molar-refractivity contribution in [2.75, 3.05) is 30.5 Å². The minimum absolute atomic E-state index is 0.0560. The van der Waals surface area contributed by atoms with Gasteiger partial charge in [-0.1, -0.05) is 36.4 Å². The third-order valence-corrected chi connectivity index (χ3v) is 5.97. The van der Waals surface area contributed by atoms with Crippen LogP contribution in [0, 0.1) is 0 Å². The van der Waals surface area contributed by atoms with Gasteiger partial charge >= 0.3 is 0 Å². The van der Waals surface area contributed by atoms with Crippen LogP contribution in [-0.4, -0.2) is 35.9 Å². The van der Waals surface area contributed by atoms with E-state index < -0.39 is 0 Å². The highest BCUT2D eigenvalue weighted by molar-refractivity contribution is 5.85. The van der Waals surface area contributed by atoms with Crippen molar-refractivity contribution in [3.63, 3.8) is 0 Å². The van der Waals surface area contributed by atoms with Crippen molar-refractivity contribution in [3.8, 4) is 5.69 Å². The summed E-state index contributed by atoms with van der Waals surface area (Å²) in [6.45, 7) is 1.60. The zero-order valence-corrected chi connectivity index (χ0v) is 18.1. The van der Waals surface area contributed by atoms with Crippen LogP contribution in [0.2, 0.25) is 0 Å². The summed E-state index contributed by atoms with van der Waals surface area (Å²) in [4.78, 5) is 20.0. The zero-order chi connectivity index (χ0) is 21.9. The second-order valence-electron chi connectivity index (χ2n) is 8.06. The number of hydrogen-bond donors (Lipinski definition) is 1. The molecule has 0 radical (unpaired) electrons. The first-order chi connectivity index (χ1) is 15.7. The number of pyridine rings is 2. The van der Waals surface area contributed by atoms with Crippen molar-refractivity contribution in [1.82, 2.24) is 9.55 Å². The van der Waals surface area contributed by atoms with Gasteiger partial charge < -0.3 is 15.0 Å². The maximum Gasteiger partial charge on any atom is 0.193 e. The predicted octanol–water partition coefficient (Wildman–Crippen LogP) is 4.74. The average molecular weight is 427 g/mol. The molecular weight excluding hydrogens is 400 g/mol. The number of ether oxygens (including phenoxy) is 1. The van der Waals surface area contributed by atoms with E-state index in [4.69, 9.17) is 4.74 Å². The summed E-state index contributed by atoms with van der Waals surface area (Å²) in [6.07, 6.45) is 3.89. The molecule has 32 heavy (non-hydrogen) atoms. The van der Waals surface area contributed by atoms with Gasteiger partial charge in [0.25, 0.3) is 0 Å². The minimum atomic E-state index is -0.0560. The van der Waals surface area contributed by atoms with Crippen molar-refractivity contribution >= 4 is 28.2 Å². The summed E-state index contributed by atoms with van der Waals surface area (Å²) in [5, 5.41) is 4.03. The lowest BCUT2D eigenvalue weighted by Crippen LogP contribution is -2.33. The van der Waals surface area contributed by atoms with Crippen LogP contribution in [0.15, 0.2) is 83.8 Å². The second kappa shape index (κ2) is 8.85. The fourth-order valence-electron chi connectivity index (χ4n) is 4.48. The Morgan fingerprint density at radius 3 is 2.56 bits per heavy atom. The molecule has 1 atom stereocenters. The lowest BCUT2D eigenvalue weighted by atomic mass is 10.2. The van der Waals surface area contributed by atoms with Crippen molar-refractivity contribution in [2.45, 2.75) is 18.9 Å². The molecule has 0 spiro atoms. The maximum absolute atomic E-state index is 13.0. The van der Waals surface area contributed by atoms with Gasteiger partial charge in [-0.15, -0.1) is 0 Å². The van der Waals surface area contributed by atoms with E-state index >= 15 is 0 Å². The van der Waals surface area contributed by atoms with Crippen LogP contribution < -0.4 is 15.6 Å². The number of para-hydroxylation sites is 2. The first-order valence-corrected chi connectivity index (χ1v) is 10.9. The van der Waals surface area contributed by atoms with Gasteiger partial charge in [0, 0.05) is 43.4 Å². The van der Waals surface area contributed by atoms with E-state index in [9.17, 15) is 4.79 Å². The van der Waals surface area contributed by atoms with E-state index in [1.807, 2.05) is 66.7 Å². The molecule has 0 amide bonds. The van der Waals surface area contributed by atoms with Gasteiger partial charge in [0.05, 0.1) is 23.6 Å². The molecule has 1 N–H and O–H groups in total. The number of aromatic nitrogens is 2. The van der Waals surface area contributed by atoms with Crippen LogP contribution in [-0.2, 0) is 4.74 Å². The molecule has 6 nitrogen and oxygen atoms in total. The van der Waals surface area contributed by atoms with E-state index in [-0.39, 0.29) is 5.43 Å². The molecule has 2 aromatic carbocycles. The second-order valence-corrected chi connectivity index (χ2v) is 8.06. The molecule has 0 aliphatic carbocycles. The Bertz CT molecular complexity index is 1270. The fourth-order valence-corrected chi connectivity index (χ4v) is 4.48. The molecule has 2 aromatic heterocycles. The molecule has 162 valence electrons. The van der Waals surface area contributed by atoms with Crippen molar-refractivity contribution in [1.29, 1.82) is 0 Å². The third-order valence-electron chi connectivity index (χ3n) is 5.97. The number of methoxy groups -OCH3 is 1. The number of anilines is 3. The number of benzene rings is 2. The number of nitrogens with zero attached hydrogens (tertiary/aromatic N) is 3. The molecule has 0 bridgehead atoms. The smallest absolute Gasteiger partial charge is 0.193 e. The van der Waals surface area contributed by atoms with Gasteiger partial charge in [-0.3, -0.25) is 9.36 Å². The molecule has 1 aliphatic rings. The van der Waals surface area contributed by atoms with Gasteiger partial charge in [0.15, 0.2) is 5.43 Å². The largest absolute Gasteiger partial charge is 0.383 e. The summed E-state index contributed by atoms with van der Waals surface area (Å²) < 4.78 is 7.52. The Labute approximate surface area is 187 Å². The molecule has 3 heterocycles. The standard InChI is InChI=1S/C26H26N4O2/c1-32-18-21-13-8-14-29(21)25-15-23-22(17-27-25)24(31)16-26(28-19-9-4-2-5-10-19)30(23)20-11-6-3-7-12-20/h2-7,9-12,15-17,21,28H,8,13-14,18H2,1H3. The van der Waals surface area contributed by atoms with E-state index in [1.165, 1.54) is 0 Å². The van der Waals surface area contributed by atoms with Crippen LogP contribution in [0.1, 0.15) is 12.8 Å². The van der Waals surface area contributed by atoms with Crippen LogP contribution >= 0.6 is 0 Å². The Morgan fingerprint density at radius 2 is 1.81 bits per heavy atom. The Balaban J connectivity index is 1.70. The summed E-state index contributed by atoms with van der Waals surface area (Å²) in [7, 11) is 1.74. The average Bonchev–Trinajstić information content (AvgIpc) is 3.29. The van der Waals surface area contributed by atoms with Crippen molar-refractivity contribution in [2.24, 2.45) is 0 Å². The minimum Gasteiger partial charge on any atom is -0.383 e. The third kappa shape index (κ3) is 3.85. The van der Waals surface area contributed by atoms with E-state index in [2.05, 4.69) is 19.8 Å². The topological polar surface area (TPSA) is 59.4 Å². The molecule has 1 fully saturated rings. The SMILES string of the molecule is COCC1CCCN1c1cc2c(cn1)c(=O)cc(Nc1ccccc1)n2-c1ccccc1. The molecule has 1 saturated heterocycles. The molecule has 0 saturated carbocycles. The predicted molar refractivity (Wildman–Crippen MR) is 129 cm³/mol. The number of nitrogens with one attached hydrogen (secondary N) is 1. The monoisotopic (exact) mass is 426 g/mol. The van der Waals surface area contributed by atoms with Gasteiger partial charge in [-0.2, -0.15) is 0 Å². The van der Waals surface area contributed by atoms with E-state index in [0.29, 0.717) is 23.9 Å². The first kappa shape index (κ1) is 20.3. The Kier molecular flexibility index (Phi) is 5.60.